The molecular formula is C11H17NO4S. The van der Waals surface area contributed by atoms with Crippen molar-refractivity contribution in [2.24, 2.45) is 0 Å². The summed E-state index contributed by atoms with van der Waals surface area (Å²) in [6.45, 7) is 3.70. The third kappa shape index (κ3) is 3.99. The molecule has 17 heavy (non-hydrogen) atoms. The van der Waals surface area contributed by atoms with Crippen LogP contribution < -0.4 is 9.62 Å². The molecule has 96 valence electrons. The highest BCUT2D eigenvalue weighted by molar-refractivity contribution is 7.89. The fourth-order valence-electron chi connectivity index (χ4n) is 1.03. The van der Waals surface area contributed by atoms with E-state index in [0.717, 1.165) is 6.42 Å². The summed E-state index contributed by atoms with van der Waals surface area (Å²) in [5, 5.41) is 0. The van der Waals surface area contributed by atoms with Gasteiger partial charge in [-0.1, -0.05) is 11.8 Å². The van der Waals surface area contributed by atoms with Gasteiger partial charge in [0.05, 0.1) is 18.1 Å². The minimum Gasteiger partial charge on any atom is -0.497 e. The molecule has 1 rings (SSSR count). The summed E-state index contributed by atoms with van der Waals surface area (Å²) in [5.74, 6) is 0.604. The van der Waals surface area contributed by atoms with E-state index in [4.69, 9.17) is 9.57 Å². The molecule has 0 aliphatic heterocycles. The topological polar surface area (TPSA) is 64.6 Å². The number of rotatable bonds is 6. The molecule has 0 radical (unpaired) electrons. The fourth-order valence-corrected chi connectivity index (χ4v) is 1.91. The smallest absolute Gasteiger partial charge is 0.262 e. The first-order valence-electron chi connectivity index (χ1n) is 5.31. The van der Waals surface area contributed by atoms with E-state index in [2.05, 4.69) is 4.89 Å². The Kier molecular flexibility index (Phi) is 4.92. The SMILES string of the molecule is CCC(C)ONS(=O)(=O)c1ccc(OC)cc1. The summed E-state index contributed by atoms with van der Waals surface area (Å²) in [6.07, 6.45) is 0.563. The van der Waals surface area contributed by atoms with Crippen LogP contribution in [0.2, 0.25) is 0 Å². The number of nitrogens with one attached hydrogen (secondary N) is 1. The summed E-state index contributed by atoms with van der Waals surface area (Å²) in [6, 6.07) is 6.08. The molecule has 0 fully saturated rings. The zero-order valence-corrected chi connectivity index (χ0v) is 11.0. The molecule has 0 amide bonds. The molecular weight excluding hydrogens is 242 g/mol. The number of benzene rings is 1. The first-order chi connectivity index (χ1) is 7.99. The zero-order chi connectivity index (χ0) is 12.9. The van der Waals surface area contributed by atoms with E-state index in [-0.39, 0.29) is 11.0 Å². The molecule has 0 aliphatic carbocycles. The minimum absolute atomic E-state index is 0.140. The molecule has 1 N–H and O–H groups in total. The van der Waals surface area contributed by atoms with Gasteiger partial charge in [-0.15, -0.1) is 0 Å². The normalized spacial score (nSPS) is 13.4. The van der Waals surface area contributed by atoms with Gasteiger partial charge in [0.15, 0.2) is 0 Å². The number of ether oxygens (including phenoxy) is 1. The Morgan fingerprint density at radius 3 is 2.35 bits per heavy atom. The van der Waals surface area contributed by atoms with Crippen molar-refractivity contribution in [2.45, 2.75) is 31.3 Å². The van der Waals surface area contributed by atoms with Crippen molar-refractivity contribution in [3.05, 3.63) is 24.3 Å². The summed E-state index contributed by atoms with van der Waals surface area (Å²) in [7, 11) is -2.10. The van der Waals surface area contributed by atoms with Crippen LogP contribution in [0.1, 0.15) is 20.3 Å². The molecule has 0 heterocycles. The average Bonchev–Trinajstić information content (AvgIpc) is 2.36. The average molecular weight is 259 g/mol. The standard InChI is InChI=1S/C11H17NO4S/c1-4-9(2)16-12-17(13,14)11-7-5-10(15-3)6-8-11/h5-9,12H,4H2,1-3H3. The van der Waals surface area contributed by atoms with Crippen LogP contribution >= 0.6 is 0 Å². The maximum Gasteiger partial charge on any atom is 0.262 e. The maximum atomic E-state index is 11.8. The molecule has 5 nitrogen and oxygen atoms in total. The van der Waals surface area contributed by atoms with Gasteiger partial charge in [-0.05, 0) is 37.6 Å². The molecule has 0 aliphatic rings. The predicted molar refractivity (Wildman–Crippen MR) is 64.2 cm³/mol. The molecule has 0 bridgehead atoms. The third-order valence-electron chi connectivity index (χ3n) is 2.30. The summed E-state index contributed by atoms with van der Waals surface area (Å²) >= 11 is 0. The molecule has 0 spiro atoms. The van der Waals surface area contributed by atoms with Crippen LogP contribution in [0.3, 0.4) is 0 Å². The van der Waals surface area contributed by atoms with E-state index in [1.54, 1.807) is 19.1 Å². The van der Waals surface area contributed by atoms with E-state index >= 15 is 0 Å². The lowest BCUT2D eigenvalue weighted by atomic mass is 10.3. The van der Waals surface area contributed by atoms with Crippen LogP contribution in [0.15, 0.2) is 29.2 Å². The quantitative estimate of drug-likeness (QED) is 0.790. The van der Waals surface area contributed by atoms with Gasteiger partial charge < -0.3 is 4.74 Å². The van der Waals surface area contributed by atoms with Gasteiger partial charge in [0.2, 0.25) is 0 Å². The van der Waals surface area contributed by atoms with Gasteiger partial charge in [0.25, 0.3) is 10.0 Å². The van der Waals surface area contributed by atoms with Crippen LogP contribution in [-0.2, 0) is 14.9 Å². The first kappa shape index (κ1) is 14.0. The van der Waals surface area contributed by atoms with Crippen molar-refractivity contribution < 1.29 is 18.0 Å². The Morgan fingerprint density at radius 2 is 1.88 bits per heavy atom. The lowest BCUT2D eigenvalue weighted by Crippen LogP contribution is -2.28. The van der Waals surface area contributed by atoms with E-state index in [1.165, 1.54) is 19.2 Å². The third-order valence-corrected chi connectivity index (χ3v) is 3.51. The number of hydrogen-bond acceptors (Lipinski definition) is 4. The first-order valence-corrected chi connectivity index (χ1v) is 6.79. The number of sulfonamides is 1. The predicted octanol–water partition coefficient (Wildman–Crippen LogP) is 1.70. The van der Waals surface area contributed by atoms with E-state index in [0.29, 0.717) is 5.75 Å². The van der Waals surface area contributed by atoms with Gasteiger partial charge in [-0.3, -0.25) is 4.84 Å². The van der Waals surface area contributed by atoms with Crippen molar-refractivity contribution in [1.82, 2.24) is 4.89 Å². The van der Waals surface area contributed by atoms with Crippen molar-refractivity contribution in [3.8, 4) is 5.75 Å². The Labute approximate surface area is 102 Å². The van der Waals surface area contributed by atoms with Crippen LogP contribution in [0.4, 0.5) is 0 Å². The molecule has 1 aromatic carbocycles. The molecule has 1 atom stereocenters. The Balaban J connectivity index is 2.75. The second-order valence-electron chi connectivity index (χ2n) is 3.60. The molecule has 0 saturated heterocycles. The maximum absolute atomic E-state index is 11.8. The highest BCUT2D eigenvalue weighted by Crippen LogP contribution is 2.15. The van der Waals surface area contributed by atoms with E-state index in [1.807, 2.05) is 6.92 Å². The van der Waals surface area contributed by atoms with Crippen molar-refractivity contribution in [3.63, 3.8) is 0 Å². The van der Waals surface area contributed by atoms with Gasteiger partial charge >= 0.3 is 0 Å². The van der Waals surface area contributed by atoms with Crippen molar-refractivity contribution >= 4 is 10.0 Å². The largest absolute Gasteiger partial charge is 0.497 e. The van der Waals surface area contributed by atoms with E-state index in [9.17, 15) is 8.42 Å². The Morgan fingerprint density at radius 1 is 1.29 bits per heavy atom. The molecule has 0 saturated carbocycles. The highest BCUT2D eigenvalue weighted by atomic mass is 32.2. The zero-order valence-electron chi connectivity index (χ0n) is 10.1. The summed E-state index contributed by atoms with van der Waals surface area (Å²) in [4.78, 5) is 7.23. The second kappa shape index (κ2) is 6.00. The van der Waals surface area contributed by atoms with Gasteiger partial charge in [-0.25, -0.2) is 8.42 Å². The lowest BCUT2D eigenvalue weighted by molar-refractivity contribution is 0.0272. The highest BCUT2D eigenvalue weighted by Gasteiger charge is 2.15. The van der Waals surface area contributed by atoms with Gasteiger partial charge in [-0.2, -0.15) is 0 Å². The van der Waals surface area contributed by atoms with Crippen LogP contribution in [-0.4, -0.2) is 21.6 Å². The Hall–Kier alpha value is -1.11. The summed E-state index contributed by atoms with van der Waals surface area (Å²) < 4.78 is 28.5. The fraction of sp³-hybridized carbons (Fsp3) is 0.455. The molecule has 1 unspecified atom stereocenters. The number of hydrogen-bond donors (Lipinski definition) is 1. The second-order valence-corrected chi connectivity index (χ2v) is 5.24. The van der Waals surface area contributed by atoms with Gasteiger partial charge in [0.1, 0.15) is 5.75 Å². The summed E-state index contributed by atoms with van der Waals surface area (Å²) in [5.41, 5.74) is 0. The minimum atomic E-state index is -3.62. The van der Waals surface area contributed by atoms with Gasteiger partial charge in [0, 0.05) is 0 Å². The van der Waals surface area contributed by atoms with Crippen LogP contribution in [0.25, 0.3) is 0 Å². The van der Waals surface area contributed by atoms with Crippen molar-refractivity contribution in [2.75, 3.05) is 7.11 Å². The van der Waals surface area contributed by atoms with Crippen LogP contribution in [0.5, 0.6) is 5.75 Å². The monoisotopic (exact) mass is 259 g/mol. The Bertz CT molecular complexity index is 441. The van der Waals surface area contributed by atoms with E-state index < -0.39 is 10.0 Å². The van der Waals surface area contributed by atoms with Crippen LogP contribution in [0, 0.1) is 0 Å². The lowest BCUT2D eigenvalue weighted by Gasteiger charge is -2.11. The number of methoxy groups -OCH3 is 1. The molecule has 1 aromatic rings. The molecule has 6 heteroatoms. The molecule has 0 aromatic heterocycles. The van der Waals surface area contributed by atoms with Crippen molar-refractivity contribution in [1.29, 1.82) is 0 Å².